The number of ether oxygens (including phenoxy) is 1. The zero-order chi connectivity index (χ0) is 27.6. The number of carbonyl (C=O) groups excluding carboxylic acids is 2. The monoisotopic (exact) mass is 534 g/mol. The Balaban J connectivity index is 2.12. The normalized spacial score (nSPS) is 12.3. The second-order valence-electron chi connectivity index (χ2n) is 9.06. The smallest absolute Gasteiger partial charge is 0.251 e. The number of carbonyl (C=O) groups is 2. The summed E-state index contributed by atoms with van der Waals surface area (Å²) in [5.74, 6) is -0.239. The van der Waals surface area contributed by atoms with Crippen molar-refractivity contribution in [3.05, 3.63) is 53.6 Å². The van der Waals surface area contributed by atoms with Gasteiger partial charge in [0.1, 0.15) is 5.75 Å². The molecule has 0 saturated carbocycles. The average Bonchev–Trinajstić information content (AvgIpc) is 2.89. The molecule has 0 aliphatic heterocycles. The molecule has 0 aromatic heterocycles. The molecule has 0 heterocycles. The summed E-state index contributed by atoms with van der Waals surface area (Å²) in [6.07, 6.45) is -0.374. The fourth-order valence-corrected chi connectivity index (χ4v) is 5.20. The molecule has 10 nitrogen and oxygen atoms in total. The molecule has 0 unspecified atom stereocenters. The quantitative estimate of drug-likeness (QED) is 0.292. The highest BCUT2D eigenvalue weighted by molar-refractivity contribution is 7.89. The molecule has 204 valence electrons. The van der Waals surface area contributed by atoms with Crippen LogP contribution in [0, 0.1) is 5.92 Å². The number of anilines is 1. The number of hydrogen-bond donors (Lipinski definition) is 4. The number of rotatable bonds is 14. The van der Waals surface area contributed by atoms with Gasteiger partial charge in [-0.15, -0.1) is 0 Å². The first-order valence-corrected chi connectivity index (χ1v) is 13.7. The number of aliphatic hydroxyl groups excluding tert-OH is 1. The Labute approximate surface area is 219 Å². The Kier molecular flexibility index (Phi) is 11.4. The topological polar surface area (TPSA) is 137 Å². The van der Waals surface area contributed by atoms with Gasteiger partial charge >= 0.3 is 0 Å². The minimum Gasteiger partial charge on any atom is -0.497 e. The number of nitrogens with one attached hydrogen (secondary N) is 3. The van der Waals surface area contributed by atoms with E-state index in [2.05, 4.69) is 16.0 Å². The summed E-state index contributed by atoms with van der Waals surface area (Å²) < 4.78 is 32.8. The first kappa shape index (κ1) is 30.1. The van der Waals surface area contributed by atoms with E-state index in [1.165, 1.54) is 29.6 Å². The highest BCUT2D eigenvalue weighted by Gasteiger charge is 2.27. The maximum absolute atomic E-state index is 13.3. The lowest BCUT2D eigenvalue weighted by Gasteiger charge is -2.26. The van der Waals surface area contributed by atoms with E-state index >= 15 is 0 Å². The van der Waals surface area contributed by atoms with Crippen molar-refractivity contribution in [2.24, 2.45) is 5.92 Å². The van der Waals surface area contributed by atoms with E-state index in [4.69, 9.17) is 4.74 Å². The number of sulfonamides is 1. The van der Waals surface area contributed by atoms with Crippen LogP contribution in [0.15, 0.2) is 47.4 Å². The molecule has 0 aliphatic carbocycles. The third-order valence-corrected chi connectivity index (χ3v) is 7.31. The molecule has 0 fully saturated rings. The maximum atomic E-state index is 13.3. The van der Waals surface area contributed by atoms with E-state index in [9.17, 15) is 23.1 Å². The standard InChI is InChI=1S/C26H38N4O6S/c1-6-11-28-25(32)19-12-20(14-21(13-19)27-4)26(33)29-15-22(31)17-30(16-18(2)3)37(34,35)24-9-7-23(36-5)8-10-24/h7-10,12-14,18,22,27,31H,6,11,15-17H2,1-5H3,(H,28,32)(H,29,33)/t22-/m0/s1. The molecule has 11 heteroatoms. The van der Waals surface area contributed by atoms with Gasteiger partial charge in [-0.05, 0) is 54.8 Å². The van der Waals surface area contributed by atoms with Crippen LogP contribution in [-0.2, 0) is 10.0 Å². The summed E-state index contributed by atoms with van der Waals surface area (Å²) in [5.41, 5.74) is 1.16. The molecular weight excluding hydrogens is 496 g/mol. The summed E-state index contributed by atoms with van der Waals surface area (Å²) in [6.45, 7) is 6.05. The van der Waals surface area contributed by atoms with Crippen molar-refractivity contribution in [2.45, 2.75) is 38.2 Å². The van der Waals surface area contributed by atoms with Gasteiger partial charge in [-0.3, -0.25) is 9.59 Å². The summed E-state index contributed by atoms with van der Waals surface area (Å²) in [7, 11) is -0.709. The second kappa shape index (κ2) is 14.0. The van der Waals surface area contributed by atoms with E-state index in [0.717, 1.165) is 6.42 Å². The van der Waals surface area contributed by atoms with Gasteiger partial charge < -0.3 is 25.8 Å². The molecule has 0 radical (unpaired) electrons. The highest BCUT2D eigenvalue weighted by Crippen LogP contribution is 2.21. The van der Waals surface area contributed by atoms with Crippen LogP contribution in [0.1, 0.15) is 47.9 Å². The Bertz CT molecular complexity index is 1150. The first-order chi connectivity index (χ1) is 17.5. The van der Waals surface area contributed by atoms with E-state index < -0.39 is 22.0 Å². The third-order valence-electron chi connectivity index (χ3n) is 5.46. The van der Waals surface area contributed by atoms with E-state index in [1.807, 2.05) is 20.8 Å². The van der Waals surface area contributed by atoms with Gasteiger partial charge in [0.15, 0.2) is 0 Å². The van der Waals surface area contributed by atoms with Crippen molar-refractivity contribution < 1.29 is 27.9 Å². The van der Waals surface area contributed by atoms with Crippen LogP contribution >= 0.6 is 0 Å². The lowest BCUT2D eigenvalue weighted by molar-refractivity contribution is 0.0898. The zero-order valence-corrected chi connectivity index (χ0v) is 22.9. The molecule has 4 N–H and O–H groups in total. The van der Waals surface area contributed by atoms with Gasteiger partial charge in [0, 0.05) is 50.0 Å². The van der Waals surface area contributed by atoms with E-state index in [1.54, 1.807) is 31.3 Å². The van der Waals surface area contributed by atoms with Crippen LogP contribution in [-0.4, -0.2) is 76.1 Å². The van der Waals surface area contributed by atoms with Gasteiger partial charge in [0.2, 0.25) is 10.0 Å². The Morgan fingerprint density at radius 2 is 1.59 bits per heavy atom. The van der Waals surface area contributed by atoms with Crippen LogP contribution in [0.2, 0.25) is 0 Å². The maximum Gasteiger partial charge on any atom is 0.251 e. The molecule has 0 saturated heterocycles. The van der Waals surface area contributed by atoms with Crippen molar-refractivity contribution in [3.63, 3.8) is 0 Å². The van der Waals surface area contributed by atoms with Crippen molar-refractivity contribution >= 4 is 27.5 Å². The minimum absolute atomic E-state index is 0.0105. The SMILES string of the molecule is CCCNC(=O)c1cc(NC)cc(C(=O)NC[C@H](O)CN(CC(C)C)S(=O)(=O)c2ccc(OC)cc2)c1. The number of amides is 2. The van der Waals surface area contributed by atoms with Crippen LogP contribution < -0.4 is 20.7 Å². The number of methoxy groups -OCH3 is 1. The number of aliphatic hydroxyl groups is 1. The van der Waals surface area contributed by atoms with Gasteiger partial charge in [-0.25, -0.2) is 8.42 Å². The number of hydrogen-bond acceptors (Lipinski definition) is 7. The summed E-state index contributed by atoms with van der Waals surface area (Å²) >= 11 is 0. The molecule has 2 aromatic carbocycles. The predicted octanol–water partition coefficient (Wildman–Crippen LogP) is 2.31. The molecule has 37 heavy (non-hydrogen) atoms. The third kappa shape index (κ3) is 8.73. The summed E-state index contributed by atoms with van der Waals surface area (Å²) in [6, 6.07) is 10.8. The molecule has 2 rings (SSSR count). The Morgan fingerprint density at radius 3 is 2.11 bits per heavy atom. The van der Waals surface area contributed by atoms with Crippen molar-refractivity contribution in [1.82, 2.24) is 14.9 Å². The number of benzene rings is 2. The van der Waals surface area contributed by atoms with Gasteiger partial charge in [-0.1, -0.05) is 20.8 Å². The van der Waals surface area contributed by atoms with Gasteiger partial charge in [0.05, 0.1) is 18.1 Å². The summed E-state index contributed by atoms with van der Waals surface area (Å²) in [4.78, 5) is 25.3. The number of nitrogens with zero attached hydrogens (tertiary/aromatic N) is 1. The lowest BCUT2D eigenvalue weighted by Crippen LogP contribution is -2.44. The van der Waals surface area contributed by atoms with E-state index in [0.29, 0.717) is 23.5 Å². The molecule has 1 atom stereocenters. The molecule has 2 aromatic rings. The Hall–Kier alpha value is -3.15. The van der Waals surface area contributed by atoms with Gasteiger partial charge in [0.25, 0.3) is 11.8 Å². The predicted molar refractivity (Wildman–Crippen MR) is 144 cm³/mol. The lowest BCUT2D eigenvalue weighted by atomic mass is 10.1. The fraction of sp³-hybridized carbons (Fsp3) is 0.462. The molecule has 2 amide bonds. The largest absolute Gasteiger partial charge is 0.497 e. The van der Waals surface area contributed by atoms with E-state index in [-0.39, 0.29) is 41.9 Å². The van der Waals surface area contributed by atoms with Crippen LogP contribution in [0.3, 0.4) is 0 Å². The van der Waals surface area contributed by atoms with Crippen LogP contribution in [0.4, 0.5) is 5.69 Å². The molecular formula is C26H38N4O6S. The second-order valence-corrected chi connectivity index (χ2v) is 11.0. The van der Waals surface area contributed by atoms with Crippen molar-refractivity contribution in [1.29, 1.82) is 0 Å². The minimum atomic E-state index is -3.89. The molecule has 0 bridgehead atoms. The fourth-order valence-electron chi connectivity index (χ4n) is 3.56. The van der Waals surface area contributed by atoms with Crippen molar-refractivity contribution in [3.8, 4) is 5.75 Å². The molecule has 0 aliphatic rings. The average molecular weight is 535 g/mol. The first-order valence-electron chi connectivity index (χ1n) is 12.2. The molecule has 0 spiro atoms. The highest BCUT2D eigenvalue weighted by atomic mass is 32.2. The summed E-state index contributed by atoms with van der Waals surface area (Å²) in [5, 5.41) is 19.0. The van der Waals surface area contributed by atoms with Gasteiger partial charge in [-0.2, -0.15) is 4.31 Å². The van der Waals surface area contributed by atoms with Crippen LogP contribution in [0.5, 0.6) is 5.75 Å². The zero-order valence-electron chi connectivity index (χ0n) is 22.1. The Morgan fingerprint density at radius 1 is 1.00 bits per heavy atom. The van der Waals surface area contributed by atoms with Crippen molar-refractivity contribution in [2.75, 3.05) is 45.7 Å². The van der Waals surface area contributed by atoms with Crippen LogP contribution in [0.25, 0.3) is 0 Å².